The SMILES string of the molecule is Cc1ccc(CN(C(=O)c2cccc(N)c2)C2CC2)cc1. The van der Waals surface area contributed by atoms with Crippen LogP contribution >= 0.6 is 0 Å². The van der Waals surface area contributed by atoms with Gasteiger partial charge in [-0.25, -0.2) is 0 Å². The fourth-order valence-electron chi connectivity index (χ4n) is 2.48. The van der Waals surface area contributed by atoms with Gasteiger partial charge >= 0.3 is 0 Å². The number of benzene rings is 2. The van der Waals surface area contributed by atoms with E-state index in [9.17, 15) is 4.79 Å². The average molecular weight is 280 g/mol. The van der Waals surface area contributed by atoms with E-state index in [1.807, 2.05) is 17.0 Å². The number of nitrogen functional groups attached to an aromatic ring is 1. The number of anilines is 1. The van der Waals surface area contributed by atoms with Crippen LogP contribution in [0.3, 0.4) is 0 Å². The molecule has 1 fully saturated rings. The van der Waals surface area contributed by atoms with E-state index in [2.05, 4.69) is 31.2 Å². The first-order valence-electron chi connectivity index (χ1n) is 7.35. The van der Waals surface area contributed by atoms with E-state index < -0.39 is 0 Å². The summed E-state index contributed by atoms with van der Waals surface area (Å²) in [6, 6.07) is 16.0. The molecule has 2 aromatic rings. The fraction of sp³-hybridized carbons (Fsp3) is 0.278. The summed E-state index contributed by atoms with van der Waals surface area (Å²) in [5.41, 5.74) is 9.50. The topological polar surface area (TPSA) is 46.3 Å². The maximum Gasteiger partial charge on any atom is 0.254 e. The minimum Gasteiger partial charge on any atom is -0.399 e. The molecule has 0 unspecified atom stereocenters. The normalized spacial score (nSPS) is 14.0. The lowest BCUT2D eigenvalue weighted by Gasteiger charge is -2.23. The molecular weight excluding hydrogens is 260 g/mol. The summed E-state index contributed by atoms with van der Waals surface area (Å²) in [6.45, 7) is 2.74. The lowest BCUT2D eigenvalue weighted by atomic mass is 10.1. The molecule has 0 saturated heterocycles. The largest absolute Gasteiger partial charge is 0.399 e. The van der Waals surface area contributed by atoms with Crippen molar-refractivity contribution in [1.29, 1.82) is 0 Å². The number of carbonyl (C=O) groups is 1. The summed E-state index contributed by atoms with van der Waals surface area (Å²) < 4.78 is 0. The molecule has 3 rings (SSSR count). The van der Waals surface area contributed by atoms with Crippen LogP contribution in [0.15, 0.2) is 48.5 Å². The van der Waals surface area contributed by atoms with Crippen molar-refractivity contribution in [2.45, 2.75) is 32.4 Å². The Morgan fingerprint density at radius 1 is 1.19 bits per heavy atom. The number of hydrogen-bond donors (Lipinski definition) is 1. The molecule has 1 aliphatic rings. The third kappa shape index (κ3) is 3.24. The third-order valence-electron chi connectivity index (χ3n) is 3.86. The van der Waals surface area contributed by atoms with Gasteiger partial charge in [0.1, 0.15) is 0 Å². The second kappa shape index (κ2) is 5.60. The second-order valence-electron chi connectivity index (χ2n) is 5.78. The van der Waals surface area contributed by atoms with Crippen molar-refractivity contribution in [3.8, 4) is 0 Å². The van der Waals surface area contributed by atoms with Crippen molar-refractivity contribution in [3.05, 3.63) is 65.2 Å². The lowest BCUT2D eigenvalue weighted by molar-refractivity contribution is 0.0730. The highest BCUT2D eigenvalue weighted by atomic mass is 16.2. The quantitative estimate of drug-likeness (QED) is 0.873. The van der Waals surface area contributed by atoms with Gasteiger partial charge in [0.05, 0.1) is 0 Å². The van der Waals surface area contributed by atoms with Gasteiger partial charge in [-0.05, 0) is 43.5 Å². The van der Waals surface area contributed by atoms with Crippen molar-refractivity contribution in [2.75, 3.05) is 5.73 Å². The molecule has 2 N–H and O–H groups in total. The Balaban J connectivity index is 1.81. The first-order chi connectivity index (χ1) is 10.1. The molecule has 0 aliphatic heterocycles. The van der Waals surface area contributed by atoms with E-state index in [1.54, 1.807) is 12.1 Å². The monoisotopic (exact) mass is 280 g/mol. The molecule has 108 valence electrons. The lowest BCUT2D eigenvalue weighted by Crippen LogP contribution is -2.32. The summed E-state index contributed by atoms with van der Waals surface area (Å²) in [5, 5.41) is 0. The predicted octanol–water partition coefficient (Wildman–Crippen LogP) is 3.38. The zero-order valence-electron chi connectivity index (χ0n) is 12.3. The van der Waals surface area contributed by atoms with E-state index in [4.69, 9.17) is 5.73 Å². The number of rotatable bonds is 4. The maximum absolute atomic E-state index is 12.7. The molecule has 3 heteroatoms. The number of amides is 1. The Hall–Kier alpha value is -2.29. The number of aryl methyl sites for hydroxylation is 1. The summed E-state index contributed by atoms with van der Waals surface area (Å²) >= 11 is 0. The van der Waals surface area contributed by atoms with E-state index in [-0.39, 0.29) is 5.91 Å². The zero-order valence-corrected chi connectivity index (χ0v) is 12.3. The van der Waals surface area contributed by atoms with Gasteiger partial charge in [0, 0.05) is 23.8 Å². The van der Waals surface area contributed by atoms with Gasteiger partial charge in [-0.2, -0.15) is 0 Å². The summed E-state index contributed by atoms with van der Waals surface area (Å²) in [7, 11) is 0. The number of nitrogens with zero attached hydrogens (tertiary/aromatic N) is 1. The van der Waals surface area contributed by atoms with Gasteiger partial charge in [0.25, 0.3) is 5.91 Å². The predicted molar refractivity (Wildman–Crippen MR) is 84.9 cm³/mol. The van der Waals surface area contributed by atoms with E-state index in [1.165, 1.54) is 11.1 Å². The smallest absolute Gasteiger partial charge is 0.254 e. The van der Waals surface area contributed by atoms with Gasteiger partial charge in [0.15, 0.2) is 0 Å². The molecule has 0 heterocycles. The summed E-state index contributed by atoms with van der Waals surface area (Å²) in [6.07, 6.45) is 2.19. The number of nitrogens with two attached hydrogens (primary N) is 1. The molecular formula is C18H20N2O. The highest BCUT2D eigenvalue weighted by Gasteiger charge is 2.33. The molecule has 2 aromatic carbocycles. The Morgan fingerprint density at radius 3 is 2.52 bits per heavy atom. The minimum atomic E-state index is 0.0744. The molecule has 3 nitrogen and oxygen atoms in total. The van der Waals surface area contributed by atoms with Crippen molar-refractivity contribution < 1.29 is 4.79 Å². The summed E-state index contributed by atoms with van der Waals surface area (Å²) in [4.78, 5) is 14.7. The van der Waals surface area contributed by atoms with Crippen molar-refractivity contribution in [3.63, 3.8) is 0 Å². The molecule has 1 aliphatic carbocycles. The van der Waals surface area contributed by atoms with Crippen LogP contribution < -0.4 is 5.73 Å². The highest BCUT2D eigenvalue weighted by Crippen LogP contribution is 2.30. The molecule has 1 amide bonds. The molecule has 0 atom stereocenters. The van der Waals surface area contributed by atoms with Crippen LogP contribution in [-0.2, 0) is 6.54 Å². The zero-order chi connectivity index (χ0) is 14.8. The molecule has 0 aromatic heterocycles. The Morgan fingerprint density at radius 2 is 1.90 bits per heavy atom. The molecule has 1 saturated carbocycles. The maximum atomic E-state index is 12.7. The molecule has 21 heavy (non-hydrogen) atoms. The first kappa shape index (κ1) is 13.7. The Bertz CT molecular complexity index is 645. The highest BCUT2D eigenvalue weighted by molar-refractivity contribution is 5.95. The number of hydrogen-bond acceptors (Lipinski definition) is 2. The van der Waals surface area contributed by atoms with Crippen molar-refractivity contribution >= 4 is 11.6 Å². The van der Waals surface area contributed by atoms with Gasteiger partial charge in [0.2, 0.25) is 0 Å². The van der Waals surface area contributed by atoms with Crippen LogP contribution in [0.2, 0.25) is 0 Å². The average Bonchev–Trinajstić information content (AvgIpc) is 3.30. The fourth-order valence-corrected chi connectivity index (χ4v) is 2.48. The van der Waals surface area contributed by atoms with E-state index in [0.29, 0.717) is 23.8 Å². The van der Waals surface area contributed by atoms with Crippen LogP contribution in [0, 0.1) is 6.92 Å². The van der Waals surface area contributed by atoms with Crippen molar-refractivity contribution in [2.24, 2.45) is 0 Å². The van der Waals surface area contributed by atoms with Crippen LogP contribution in [-0.4, -0.2) is 16.8 Å². The Labute approximate surface area is 125 Å². The van der Waals surface area contributed by atoms with Gasteiger partial charge < -0.3 is 10.6 Å². The van der Waals surface area contributed by atoms with Crippen molar-refractivity contribution in [1.82, 2.24) is 4.90 Å². The summed E-state index contributed by atoms with van der Waals surface area (Å²) in [5.74, 6) is 0.0744. The van der Waals surface area contributed by atoms with Gasteiger partial charge in [-0.3, -0.25) is 4.79 Å². The third-order valence-corrected chi connectivity index (χ3v) is 3.86. The molecule has 0 spiro atoms. The van der Waals surface area contributed by atoms with Crippen LogP contribution in [0.1, 0.15) is 34.3 Å². The van der Waals surface area contributed by atoms with Gasteiger partial charge in [-0.15, -0.1) is 0 Å². The van der Waals surface area contributed by atoms with Crippen LogP contribution in [0.5, 0.6) is 0 Å². The number of carbonyl (C=O) groups excluding carboxylic acids is 1. The standard InChI is InChI=1S/C18H20N2O/c1-13-5-7-14(8-6-13)12-20(17-9-10-17)18(21)15-3-2-4-16(19)11-15/h2-8,11,17H,9-10,12,19H2,1H3. The molecule has 0 bridgehead atoms. The van der Waals surface area contributed by atoms with Crippen LogP contribution in [0.25, 0.3) is 0 Å². The Kier molecular flexibility index (Phi) is 3.65. The first-order valence-corrected chi connectivity index (χ1v) is 7.35. The van der Waals surface area contributed by atoms with Gasteiger partial charge in [-0.1, -0.05) is 35.9 Å². The second-order valence-corrected chi connectivity index (χ2v) is 5.78. The van der Waals surface area contributed by atoms with Crippen LogP contribution in [0.4, 0.5) is 5.69 Å². The van der Waals surface area contributed by atoms with E-state index >= 15 is 0 Å². The van der Waals surface area contributed by atoms with E-state index in [0.717, 1.165) is 12.8 Å². The minimum absolute atomic E-state index is 0.0744. The molecule has 0 radical (unpaired) electrons.